The highest BCUT2D eigenvalue weighted by atomic mass is 16.5. The molecule has 1 heterocycles. The van der Waals surface area contributed by atoms with Gasteiger partial charge in [-0.1, -0.05) is 19.8 Å². The molecule has 0 bridgehead atoms. The van der Waals surface area contributed by atoms with Crippen molar-refractivity contribution in [3.05, 3.63) is 0 Å². The van der Waals surface area contributed by atoms with E-state index in [2.05, 4.69) is 6.92 Å². The average Bonchev–Trinajstić information content (AvgIpc) is 2.42. The second-order valence-corrected chi connectivity index (χ2v) is 5.40. The first-order chi connectivity index (χ1) is 9.49. The molecule has 1 rings (SSSR count). The third-order valence-electron chi connectivity index (χ3n) is 3.53. The van der Waals surface area contributed by atoms with Crippen molar-refractivity contribution < 1.29 is 19.4 Å². The number of carbonyl (C=O) groups excluding carboxylic acids is 1. The average molecular weight is 286 g/mol. The number of rotatable bonds is 6. The lowest BCUT2D eigenvalue weighted by atomic mass is 10.2. The van der Waals surface area contributed by atoms with Crippen LogP contribution in [0.1, 0.15) is 40.0 Å². The molecule has 1 N–H and O–H groups in total. The Bertz CT molecular complexity index is 333. The minimum Gasteiger partial charge on any atom is -0.480 e. The third-order valence-corrected chi connectivity index (χ3v) is 3.53. The second kappa shape index (κ2) is 8.09. The fraction of sp³-hybridized carbons (Fsp3) is 0.857. The Morgan fingerprint density at radius 1 is 1.40 bits per heavy atom. The maximum absolute atomic E-state index is 12.6. The zero-order valence-electron chi connectivity index (χ0n) is 12.7. The minimum absolute atomic E-state index is 0.0663. The molecule has 1 fully saturated rings. The first kappa shape index (κ1) is 16.8. The van der Waals surface area contributed by atoms with Crippen molar-refractivity contribution >= 4 is 12.0 Å². The van der Waals surface area contributed by atoms with Crippen LogP contribution in [0.4, 0.5) is 4.79 Å². The van der Waals surface area contributed by atoms with Gasteiger partial charge < -0.3 is 19.6 Å². The van der Waals surface area contributed by atoms with Gasteiger partial charge in [0.1, 0.15) is 0 Å². The zero-order chi connectivity index (χ0) is 15.1. The van der Waals surface area contributed by atoms with Crippen LogP contribution in [0.15, 0.2) is 0 Å². The van der Waals surface area contributed by atoms with Crippen molar-refractivity contribution in [3.63, 3.8) is 0 Å². The van der Waals surface area contributed by atoms with Crippen LogP contribution in [-0.4, -0.2) is 65.3 Å². The molecule has 0 saturated carbocycles. The van der Waals surface area contributed by atoms with Gasteiger partial charge in [-0.05, 0) is 20.3 Å². The molecule has 1 aliphatic rings. The number of unbranched alkanes of at least 4 members (excludes halogenated alkanes) is 2. The topological polar surface area (TPSA) is 70.1 Å². The van der Waals surface area contributed by atoms with Crippen LogP contribution in [0, 0.1) is 0 Å². The molecule has 1 unspecified atom stereocenters. The molecule has 0 aromatic rings. The molecular weight excluding hydrogens is 260 g/mol. The summed E-state index contributed by atoms with van der Waals surface area (Å²) in [6.07, 6.45) is 3.11. The fourth-order valence-corrected chi connectivity index (χ4v) is 2.31. The fourth-order valence-electron chi connectivity index (χ4n) is 2.31. The number of amides is 2. The summed E-state index contributed by atoms with van der Waals surface area (Å²) < 4.78 is 5.17. The molecule has 1 atom stereocenters. The van der Waals surface area contributed by atoms with Crippen molar-refractivity contribution in [1.29, 1.82) is 0 Å². The number of carboxylic acids is 1. The summed E-state index contributed by atoms with van der Waals surface area (Å²) >= 11 is 0. The number of urea groups is 1. The van der Waals surface area contributed by atoms with Crippen LogP contribution < -0.4 is 0 Å². The molecule has 1 saturated heterocycles. The van der Waals surface area contributed by atoms with E-state index in [1.807, 2.05) is 13.8 Å². The monoisotopic (exact) mass is 286 g/mol. The molecule has 0 aromatic heterocycles. The third kappa shape index (κ3) is 4.37. The molecule has 0 aliphatic carbocycles. The Morgan fingerprint density at radius 3 is 2.65 bits per heavy atom. The van der Waals surface area contributed by atoms with Crippen molar-refractivity contribution in [2.75, 3.05) is 26.3 Å². The Morgan fingerprint density at radius 2 is 2.10 bits per heavy atom. The molecule has 6 nitrogen and oxygen atoms in total. The SMILES string of the molecule is CCCCCN(C(=O)N1CCOCC1C(=O)O)C(C)C. The minimum atomic E-state index is -1.00. The van der Waals surface area contributed by atoms with E-state index >= 15 is 0 Å². The summed E-state index contributed by atoms with van der Waals surface area (Å²) in [5, 5.41) is 9.20. The van der Waals surface area contributed by atoms with Crippen LogP contribution in [0.2, 0.25) is 0 Å². The van der Waals surface area contributed by atoms with Gasteiger partial charge in [0, 0.05) is 19.1 Å². The van der Waals surface area contributed by atoms with E-state index in [1.54, 1.807) is 4.90 Å². The number of hydrogen-bond acceptors (Lipinski definition) is 3. The van der Waals surface area contributed by atoms with Gasteiger partial charge >= 0.3 is 12.0 Å². The smallest absolute Gasteiger partial charge is 0.328 e. The quantitative estimate of drug-likeness (QED) is 0.756. The highest BCUT2D eigenvalue weighted by Crippen LogP contribution is 2.14. The predicted octanol–water partition coefficient (Wildman–Crippen LogP) is 1.79. The van der Waals surface area contributed by atoms with E-state index in [0.29, 0.717) is 19.7 Å². The lowest BCUT2D eigenvalue weighted by Crippen LogP contribution is -2.57. The van der Waals surface area contributed by atoms with Gasteiger partial charge in [0.05, 0.1) is 13.2 Å². The summed E-state index contributed by atoms with van der Waals surface area (Å²) in [6.45, 7) is 7.52. The maximum Gasteiger partial charge on any atom is 0.328 e. The number of aliphatic carboxylic acids is 1. The van der Waals surface area contributed by atoms with Crippen molar-refractivity contribution in [3.8, 4) is 0 Å². The summed E-state index contributed by atoms with van der Waals surface area (Å²) in [5.74, 6) is -1.00. The zero-order valence-corrected chi connectivity index (χ0v) is 12.7. The molecule has 2 amide bonds. The summed E-state index contributed by atoms with van der Waals surface area (Å²) in [4.78, 5) is 27.0. The standard InChI is InChI=1S/C14H26N2O4/c1-4-5-6-7-15(11(2)3)14(19)16-8-9-20-10-12(16)13(17)18/h11-12H,4-10H2,1-3H3,(H,17,18). The summed E-state index contributed by atoms with van der Waals surface area (Å²) in [7, 11) is 0. The number of ether oxygens (including phenoxy) is 1. The largest absolute Gasteiger partial charge is 0.480 e. The van der Waals surface area contributed by atoms with Crippen molar-refractivity contribution in [1.82, 2.24) is 9.80 Å². The van der Waals surface area contributed by atoms with Gasteiger partial charge in [0.15, 0.2) is 6.04 Å². The van der Waals surface area contributed by atoms with Crippen molar-refractivity contribution in [2.45, 2.75) is 52.1 Å². The van der Waals surface area contributed by atoms with E-state index < -0.39 is 12.0 Å². The van der Waals surface area contributed by atoms with Gasteiger partial charge in [0.25, 0.3) is 0 Å². The molecule has 0 aromatic carbocycles. The van der Waals surface area contributed by atoms with Crippen LogP contribution in [-0.2, 0) is 9.53 Å². The lowest BCUT2D eigenvalue weighted by molar-refractivity contribution is -0.147. The highest BCUT2D eigenvalue weighted by molar-refractivity contribution is 5.83. The first-order valence-corrected chi connectivity index (χ1v) is 7.36. The Balaban J connectivity index is 2.73. The molecule has 6 heteroatoms. The molecule has 0 radical (unpaired) electrons. The normalized spacial score (nSPS) is 19.2. The maximum atomic E-state index is 12.6. The molecule has 116 valence electrons. The Hall–Kier alpha value is -1.30. The number of morpholine rings is 1. The number of hydrogen-bond donors (Lipinski definition) is 1. The number of carbonyl (C=O) groups is 2. The summed E-state index contributed by atoms with van der Waals surface area (Å²) in [5.41, 5.74) is 0. The van der Waals surface area contributed by atoms with E-state index in [1.165, 1.54) is 4.90 Å². The van der Waals surface area contributed by atoms with Crippen LogP contribution in [0.25, 0.3) is 0 Å². The Labute approximate surface area is 120 Å². The first-order valence-electron chi connectivity index (χ1n) is 7.36. The van der Waals surface area contributed by atoms with Gasteiger partial charge in [-0.3, -0.25) is 0 Å². The molecule has 1 aliphatic heterocycles. The predicted molar refractivity (Wildman–Crippen MR) is 75.7 cm³/mol. The number of nitrogens with zero attached hydrogens (tertiary/aromatic N) is 2. The van der Waals surface area contributed by atoms with E-state index in [0.717, 1.165) is 19.3 Å². The van der Waals surface area contributed by atoms with Gasteiger partial charge in [-0.25, -0.2) is 9.59 Å². The van der Waals surface area contributed by atoms with Gasteiger partial charge in [-0.2, -0.15) is 0 Å². The van der Waals surface area contributed by atoms with Crippen LogP contribution in [0.3, 0.4) is 0 Å². The molecular formula is C14H26N2O4. The van der Waals surface area contributed by atoms with Gasteiger partial charge in [0.2, 0.25) is 0 Å². The van der Waals surface area contributed by atoms with Gasteiger partial charge in [-0.15, -0.1) is 0 Å². The summed E-state index contributed by atoms with van der Waals surface area (Å²) in [6, 6.07) is -0.993. The number of carboxylic acid groups (broad SMARTS) is 1. The van der Waals surface area contributed by atoms with E-state index in [4.69, 9.17) is 4.74 Å². The van der Waals surface area contributed by atoms with E-state index in [9.17, 15) is 14.7 Å². The second-order valence-electron chi connectivity index (χ2n) is 5.40. The van der Waals surface area contributed by atoms with Crippen LogP contribution >= 0.6 is 0 Å². The molecule has 0 spiro atoms. The van der Waals surface area contributed by atoms with Crippen molar-refractivity contribution in [2.24, 2.45) is 0 Å². The molecule has 20 heavy (non-hydrogen) atoms. The highest BCUT2D eigenvalue weighted by Gasteiger charge is 2.35. The van der Waals surface area contributed by atoms with E-state index in [-0.39, 0.29) is 18.7 Å². The van der Waals surface area contributed by atoms with Crippen LogP contribution in [0.5, 0.6) is 0 Å². The Kier molecular flexibility index (Phi) is 6.78. The lowest BCUT2D eigenvalue weighted by Gasteiger charge is -2.38.